The van der Waals surface area contributed by atoms with E-state index in [1.54, 1.807) is 14.0 Å². The molecule has 1 atom stereocenters. The number of hydrogen-bond acceptors (Lipinski definition) is 8. The molecule has 0 bridgehead atoms. The van der Waals surface area contributed by atoms with Gasteiger partial charge in [-0.15, -0.1) is 0 Å². The Morgan fingerprint density at radius 2 is 1.78 bits per heavy atom. The fourth-order valence-electron chi connectivity index (χ4n) is 4.51. The number of aliphatic hydroxyl groups is 1. The van der Waals surface area contributed by atoms with Crippen molar-refractivity contribution in [2.45, 2.75) is 20.0 Å². The summed E-state index contributed by atoms with van der Waals surface area (Å²) in [6.07, 6.45) is 1.23. The van der Waals surface area contributed by atoms with Crippen LogP contribution < -0.4 is 19.9 Å². The molecular weight excluding hydrogens is 476 g/mol. The van der Waals surface area contributed by atoms with Gasteiger partial charge in [-0.05, 0) is 55.8 Å². The third-order valence-corrected chi connectivity index (χ3v) is 6.61. The van der Waals surface area contributed by atoms with Gasteiger partial charge in [0.15, 0.2) is 0 Å². The second-order valence-electron chi connectivity index (χ2n) is 8.95. The van der Waals surface area contributed by atoms with Gasteiger partial charge in [0.2, 0.25) is 5.95 Å². The molecule has 1 aliphatic heterocycles. The molecule has 8 nitrogen and oxygen atoms in total. The number of rotatable bonds is 6. The summed E-state index contributed by atoms with van der Waals surface area (Å²) in [7, 11) is 1.61. The summed E-state index contributed by atoms with van der Waals surface area (Å²) in [5.74, 6) is 2.05. The number of piperazine rings is 1. The van der Waals surface area contributed by atoms with E-state index >= 15 is 0 Å². The number of nitrogens with one attached hydrogen (secondary N) is 1. The lowest BCUT2D eigenvalue weighted by molar-refractivity contribution is 0.199. The maximum Gasteiger partial charge on any atom is 0.229 e. The maximum absolute atomic E-state index is 10.0. The van der Waals surface area contributed by atoms with Crippen LogP contribution >= 0.6 is 11.6 Å². The summed E-state index contributed by atoms with van der Waals surface area (Å²) in [6, 6.07) is 15.5. The summed E-state index contributed by atoms with van der Waals surface area (Å²) < 4.78 is 5.39. The van der Waals surface area contributed by atoms with Crippen molar-refractivity contribution >= 4 is 45.6 Å². The van der Waals surface area contributed by atoms with Crippen LogP contribution in [0.5, 0.6) is 5.75 Å². The minimum Gasteiger partial charge on any atom is -0.497 e. The van der Waals surface area contributed by atoms with Crippen molar-refractivity contribution < 1.29 is 9.84 Å². The molecule has 0 aliphatic carbocycles. The molecule has 1 unspecified atom stereocenters. The van der Waals surface area contributed by atoms with E-state index in [2.05, 4.69) is 31.2 Å². The summed E-state index contributed by atoms with van der Waals surface area (Å²) in [6.45, 7) is 7.08. The highest BCUT2D eigenvalue weighted by Crippen LogP contribution is 2.30. The van der Waals surface area contributed by atoms with Crippen LogP contribution in [-0.4, -0.2) is 53.3 Å². The van der Waals surface area contributed by atoms with Gasteiger partial charge >= 0.3 is 0 Å². The molecule has 2 N–H and O–H groups in total. The van der Waals surface area contributed by atoms with E-state index in [1.807, 2.05) is 55.6 Å². The molecule has 1 saturated heterocycles. The smallest absolute Gasteiger partial charge is 0.229 e. The highest BCUT2D eigenvalue weighted by atomic mass is 35.5. The number of pyridine rings is 1. The third kappa shape index (κ3) is 5.15. The third-order valence-electron chi connectivity index (χ3n) is 6.37. The molecule has 2 aromatic heterocycles. The lowest BCUT2D eigenvalue weighted by Crippen LogP contribution is -2.47. The predicted octanol–water partition coefficient (Wildman–Crippen LogP) is 5.12. The van der Waals surface area contributed by atoms with Crippen LogP contribution in [0.3, 0.4) is 0 Å². The largest absolute Gasteiger partial charge is 0.497 e. The van der Waals surface area contributed by atoms with Crippen molar-refractivity contribution in [2.24, 2.45) is 0 Å². The van der Waals surface area contributed by atoms with Gasteiger partial charge in [0, 0.05) is 72.0 Å². The SMILES string of the molecule is COc1cc(Nc2nc(C)cc(N3CCN(c4ccnc5cc(Cl)ccc45)CC3)n2)cc(C(C)O)c1. The molecule has 5 rings (SSSR count). The van der Waals surface area contributed by atoms with Crippen LogP contribution in [-0.2, 0) is 0 Å². The van der Waals surface area contributed by atoms with Crippen LogP contribution in [0.15, 0.2) is 54.7 Å². The number of halogens is 1. The van der Waals surface area contributed by atoms with E-state index in [0.717, 1.165) is 59.8 Å². The molecule has 1 aliphatic rings. The van der Waals surface area contributed by atoms with E-state index in [1.165, 1.54) is 5.69 Å². The zero-order valence-electron chi connectivity index (χ0n) is 20.6. The summed E-state index contributed by atoms with van der Waals surface area (Å²) >= 11 is 6.16. The molecule has 3 heterocycles. The minimum absolute atomic E-state index is 0.509. The average Bonchev–Trinajstić information content (AvgIpc) is 2.87. The van der Waals surface area contributed by atoms with Crippen molar-refractivity contribution in [3.63, 3.8) is 0 Å². The van der Waals surface area contributed by atoms with Crippen molar-refractivity contribution in [3.8, 4) is 5.75 Å². The Morgan fingerprint density at radius 1 is 1.00 bits per heavy atom. The Kier molecular flexibility index (Phi) is 6.80. The number of benzene rings is 2. The standard InChI is InChI=1S/C27H29ClN6O2/c1-17-12-26(32-27(30-17)31-21-13-19(18(2)35)14-22(16-21)36-3)34-10-8-33(9-11-34)25-6-7-29-24-15-20(28)4-5-23(24)25/h4-7,12-16,18,35H,8-11H2,1-3H3,(H,30,31,32). The van der Waals surface area contributed by atoms with Gasteiger partial charge < -0.3 is 25.0 Å². The molecule has 9 heteroatoms. The Morgan fingerprint density at radius 3 is 2.53 bits per heavy atom. The molecule has 2 aromatic carbocycles. The first kappa shape index (κ1) is 24.1. The molecule has 0 spiro atoms. The fraction of sp³-hybridized carbons (Fsp3) is 0.296. The van der Waals surface area contributed by atoms with Gasteiger partial charge in [-0.25, -0.2) is 4.98 Å². The highest BCUT2D eigenvalue weighted by molar-refractivity contribution is 6.31. The van der Waals surface area contributed by atoms with Gasteiger partial charge in [0.1, 0.15) is 11.6 Å². The van der Waals surface area contributed by atoms with Gasteiger partial charge in [-0.1, -0.05) is 11.6 Å². The molecule has 0 amide bonds. The second kappa shape index (κ2) is 10.2. The highest BCUT2D eigenvalue weighted by Gasteiger charge is 2.21. The summed E-state index contributed by atoms with van der Waals surface area (Å²) in [5.41, 5.74) is 4.47. The molecular formula is C27H29ClN6O2. The minimum atomic E-state index is -0.611. The average molecular weight is 505 g/mol. The van der Waals surface area contributed by atoms with Crippen LogP contribution in [0.1, 0.15) is 24.3 Å². The van der Waals surface area contributed by atoms with Crippen molar-refractivity contribution in [1.82, 2.24) is 15.0 Å². The van der Waals surface area contributed by atoms with Crippen LogP contribution in [0.2, 0.25) is 5.02 Å². The van der Waals surface area contributed by atoms with Crippen LogP contribution in [0.4, 0.5) is 23.1 Å². The monoisotopic (exact) mass is 504 g/mol. The number of aromatic nitrogens is 3. The quantitative estimate of drug-likeness (QED) is 0.374. The molecule has 0 saturated carbocycles. The fourth-order valence-corrected chi connectivity index (χ4v) is 4.68. The molecule has 0 radical (unpaired) electrons. The summed E-state index contributed by atoms with van der Waals surface area (Å²) in [5, 5.41) is 15.1. The van der Waals surface area contributed by atoms with Crippen LogP contribution in [0, 0.1) is 6.92 Å². The van der Waals surface area contributed by atoms with Gasteiger partial charge in [-0.2, -0.15) is 4.98 Å². The number of aryl methyl sites for hydroxylation is 1. The van der Waals surface area contributed by atoms with E-state index in [-0.39, 0.29) is 0 Å². The molecule has 36 heavy (non-hydrogen) atoms. The number of nitrogens with zero attached hydrogens (tertiary/aromatic N) is 5. The molecule has 186 valence electrons. The van der Waals surface area contributed by atoms with E-state index < -0.39 is 6.10 Å². The number of aliphatic hydroxyl groups excluding tert-OH is 1. The predicted molar refractivity (Wildman–Crippen MR) is 145 cm³/mol. The van der Waals surface area contributed by atoms with Gasteiger partial charge in [0.25, 0.3) is 0 Å². The first-order valence-corrected chi connectivity index (χ1v) is 12.3. The normalized spacial score (nSPS) is 14.7. The number of methoxy groups -OCH3 is 1. The Labute approximate surface area is 215 Å². The lowest BCUT2D eigenvalue weighted by Gasteiger charge is -2.37. The lowest BCUT2D eigenvalue weighted by atomic mass is 10.1. The van der Waals surface area contributed by atoms with E-state index in [9.17, 15) is 5.11 Å². The topological polar surface area (TPSA) is 86.6 Å². The Bertz CT molecular complexity index is 1390. The molecule has 4 aromatic rings. The van der Waals surface area contributed by atoms with E-state index in [0.29, 0.717) is 16.7 Å². The Balaban J connectivity index is 1.33. The van der Waals surface area contributed by atoms with E-state index in [4.69, 9.17) is 21.3 Å². The van der Waals surface area contributed by atoms with Crippen molar-refractivity contribution in [1.29, 1.82) is 0 Å². The van der Waals surface area contributed by atoms with Crippen molar-refractivity contribution in [3.05, 3.63) is 71.0 Å². The maximum atomic E-state index is 10.0. The molecule has 1 fully saturated rings. The number of anilines is 4. The van der Waals surface area contributed by atoms with Gasteiger partial charge in [-0.3, -0.25) is 4.98 Å². The summed E-state index contributed by atoms with van der Waals surface area (Å²) in [4.78, 5) is 18.5. The Hall–Kier alpha value is -3.62. The first-order valence-electron chi connectivity index (χ1n) is 11.9. The van der Waals surface area contributed by atoms with Crippen LogP contribution in [0.25, 0.3) is 10.9 Å². The second-order valence-corrected chi connectivity index (χ2v) is 9.39. The number of ether oxygens (including phenoxy) is 1. The van der Waals surface area contributed by atoms with Crippen molar-refractivity contribution in [2.75, 3.05) is 48.4 Å². The first-order chi connectivity index (χ1) is 17.4. The number of fused-ring (bicyclic) bond motifs is 1. The van der Waals surface area contributed by atoms with Gasteiger partial charge in [0.05, 0.1) is 18.7 Å². The zero-order valence-corrected chi connectivity index (χ0v) is 21.3. The zero-order chi connectivity index (χ0) is 25.2. The number of hydrogen-bond donors (Lipinski definition) is 2.